The number of methoxy groups -OCH3 is 3. The third kappa shape index (κ3) is 4.03. The molecule has 4 rings (SSSR count). The Bertz CT molecular complexity index is 1260. The van der Waals surface area contributed by atoms with Crippen LogP contribution in [0.15, 0.2) is 58.2 Å². The fourth-order valence-corrected chi connectivity index (χ4v) is 4.16. The van der Waals surface area contributed by atoms with E-state index in [1.165, 1.54) is 32.3 Å². The first-order valence-electron chi connectivity index (χ1n) is 10.1. The van der Waals surface area contributed by atoms with Gasteiger partial charge in [-0.2, -0.15) is 0 Å². The number of aliphatic hydroxyl groups is 1. The van der Waals surface area contributed by atoms with Crippen LogP contribution in [0.2, 0.25) is 5.02 Å². The van der Waals surface area contributed by atoms with Gasteiger partial charge in [0.1, 0.15) is 5.75 Å². The average Bonchev–Trinajstić information content (AvgIpc) is 3.36. The summed E-state index contributed by atoms with van der Waals surface area (Å²) < 4.78 is 21.5. The van der Waals surface area contributed by atoms with E-state index in [1.54, 1.807) is 36.4 Å². The Morgan fingerprint density at radius 2 is 1.94 bits per heavy atom. The van der Waals surface area contributed by atoms with E-state index in [2.05, 4.69) is 0 Å². The van der Waals surface area contributed by atoms with Gasteiger partial charge in [0.15, 0.2) is 22.9 Å². The number of furan rings is 1. The van der Waals surface area contributed by atoms with Gasteiger partial charge >= 0.3 is 0 Å². The second-order valence-corrected chi connectivity index (χ2v) is 7.84. The molecule has 2 aromatic carbocycles. The van der Waals surface area contributed by atoms with Crippen LogP contribution in [0, 0.1) is 0 Å². The quantitative estimate of drug-likeness (QED) is 0.488. The minimum atomic E-state index is -0.853. The number of fused-ring (bicyclic) bond motifs is 1. The Morgan fingerprint density at radius 3 is 2.64 bits per heavy atom. The highest BCUT2D eigenvalue weighted by molar-refractivity contribution is 6.31. The van der Waals surface area contributed by atoms with Gasteiger partial charge in [-0.3, -0.25) is 9.59 Å². The van der Waals surface area contributed by atoms with Crippen LogP contribution in [-0.2, 0) is 9.53 Å². The minimum Gasteiger partial charge on any atom is -0.503 e. The number of hydrogen-bond donors (Lipinski definition) is 1. The van der Waals surface area contributed by atoms with Crippen LogP contribution in [0.4, 0.5) is 0 Å². The molecule has 0 saturated carbocycles. The zero-order chi connectivity index (χ0) is 23.7. The zero-order valence-electron chi connectivity index (χ0n) is 18.3. The van der Waals surface area contributed by atoms with Gasteiger partial charge in [0.25, 0.3) is 5.91 Å². The summed E-state index contributed by atoms with van der Waals surface area (Å²) in [7, 11) is 4.49. The number of hydrogen-bond acceptors (Lipinski definition) is 7. The van der Waals surface area contributed by atoms with Gasteiger partial charge in [-0.1, -0.05) is 23.7 Å². The van der Waals surface area contributed by atoms with E-state index in [-0.39, 0.29) is 24.5 Å². The lowest BCUT2D eigenvalue weighted by Gasteiger charge is -2.26. The molecule has 1 aliphatic heterocycles. The summed E-state index contributed by atoms with van der Waals surface area (Å²) in [5, 5.41) is 11.7. The van der Waals surface area contributed by atoms with Gasteiger partial charge in [0.05, 0.1) is 32.4 Å². The number of Topliss-reactive ketones (excluding diaryl/α,β-unsaturated/α-hetero) is 1. The summed E-state index contributed by atoms with van der Waals surface area (Å²) in [5.41, 5.74) is 0.847. The van der Waals surface area contributed by atoms with Gasteiger partial charge in [0, 0.05) is 30.1 Å². The number of ether oxygens (including phenoxy) is 3. The smallest absolute Gasteiger partial charge is 0.290 e. The first kappa shape index (κ1) is 22.7. The highest BCUT2D eigenvalue weighted by Crippen LogP contribution is 2.41. The number of amides is 1. The van der Waals surface area contributed by atoms with E-state index in [1.807, 2.05) is 0 Å². The first-order valence-corrected chi connectivity index (χ1v) is 10.5. The molecule has 0 radical (unpaired) electrons. The van der Waals surface area contributed by atoms with Crippen molar-refractivity contribution < 1.29 is 33.3 Å². The van der Waals surface area contributed by atoms with Crippen LogP contribution >= 0.6 is 11.6 Å². The lowest BCUT2D eigenvalue weighted by molar-refractivity contribution is -0.130. The lowest BCUT2D eigenvalue weighted by Crippen LogP contribution is -2.34. The van der Waals surface area contributed by atoms with E-state index < -0.39 is 23.5 Å². The largest absolute Gasteiger partial charge is 0.503 e. The molecule has 172 valence electrons. The number of ketones is 1. The summed E-state index contributed by atoms with van der Waals surface area (Å²) in [6.07, 6.45) is 0. The maximum Gasteiger partial charge on any atom is 0.290 e. The third-order valence-electron chi connectivity index (χ3n) is 5.48. The van der Waals surface area contributed by atoms with Gasteiger partial charge in [0.2, 0.25) is 5.78 Å². The Hall–Kier alpha value is -3.49. The van der Waals surface area contributed by atoms with Crippen LogP contribution in [0.5, 0.6) is 11.5 Å². The molecule has 9 heteroatoms. The first-order chi connectivity index (χ1) is 15.9. The Balaban J connectivity index is 1.83. The minimum absolute atomic E-state index is 0.0543. The van der Waals surface area contributed by atoms with Crippen molar-refractivity contribution in [2.75, 3.05) is 34.5 Å². The molecule has 1 atom stereocenters. The molecule has 0 saturated heterocycles. The van der Waals surface area contributed by atoms with Gasteiger partial charge < -0.3 is 28.6 Å². The van der Waals surface area contributed by atoms with Crippen molar-refractivity contribution in [2.45, 2.75) is 6.04 Å². The number of benzene rings is 2. The third-order valence-corrected chi connectivity index (χ3v) is 5.70. The molecule has 0 spiro atoms. The van der Waals surface area contributed by atoms with Gasteiger partial charge in [-0.15, -0.1) is 0 Å². The van der Waals surface area contributed by atoms with E-state index in [4.69, 9.17) is 30.2 Å². The number of rotatable bonds is 8. The topological polar surface area (TPSA) is 98.4 Å². The number of carbonyl (C=O) groups excluding carboxylic acids is 2. The average molecular weight is 472 g/mol. The monoisotopic (exact) mass is 471 g/mol. The number of aliphatic hydroxyl groups excluding tert-OH is 1. The van der Waals surface area contributed by atoms with E-state index >= 15 is 0 Å². The lowest BCUT2D eigenvalue weighted by atomic mass is 9.95. The maximum atomic E-state index is 13.6. The standard InChI is InChI=1S/C24H22ClNO7/c1-30-8-7-26-20(13-5-4-6-16(10-13)31-2)19(22(28)24(26)29)21(27)17-11-14-9-15(25)12-18(32-3)23(14)33-17/h4-6,9-12,20,28H,7-8H2,1-3H3. The van der Waals surface area contributed by atoms with Crippen molar-refractivity contribution in [1.82, 2.24) is 4.90 Å². The molecule has 1 aromatic heterocycles. The Kier molecular flexibility index (Phi) is 6.31. The SMILES string of the molecule is COCCN1C(=O)C(O)=C(C(=O)c2cc3cc(Cl)cc(OC)c3o2)C1c1cccc(OC)c1. The molecule has 33 heavy (non-hydrogen) atoms. The summed E-state index contributed by atoms with van der Waals surface area (Å²) >= 11 is 6.13. The molecule has 1 unspecified atom stereocenters. The molecule has 8 nitrogen and oxygen atoms in total. The summed E-state index contributed by atoms with van der Waals surface area (Å²) in [6, 6.07) is 10.8. The molecule has 1 aliphatic rings. The molecule has 0 fully saturated rings. The van der Waals surface area contributed by atoms with Crippen molar-refractivity contribution in [3.8, 4) is 11.5 Å². The zero-order valence-corrected chi connectivity index (χ0v) is 19.0. The Morgan fingerprint density at radius 1 is 1.15 bits per heavy atom. The summed E-state index contributed by atoms with van der Waals surface area (Å²) in [6.45, 7) is 0.392. The van der Waals surface area contributed by atoms with Crippen LogP contribution in [0.1, 0.15) is 22.2 Å². The molecular weight excluding hydrogens is 450 g/mol. The second kappa shape index (κ2) is 9.17. The number of nitrogens with zero attached hydrogens (tertiary/aromatic N) is 1. The molecule has 1 N–H and O–H groups in total. The molecule has 2 heterocycles. The van der Waals surface area contributed by atoms with E-state index in [0.29, 0.717) is 33.1 Å². The van der Waals surface area contributed by atoms with E-state index in [9.17, 15) is 14.7 Å². The fourth-order valence-electron chi connectivity index (χ4n) is 3.95. The van der Waals surface area contributed by atoms with Crippen LogP contribution < -0.4 is 9.47 Å². The van der Waals surface area contributed by atoms with E-state index in [0.717, 1.165) is 0 Å². The van der Waals surface area contributed by atoms with Crippen LogP contribution in [-0.4, -0.2) is 56.2 Å². The van der Waals surface area contributed by atoms with Gasteiger partial charge in [-0.25, -0.2) is 0 Å². The maximum absolute atomic E-state index is 13.6. The molecule has 0 aliphatic carbocycles. The summed E-state index contributed by atoms with van der Waals surface area (Å²) in [5.74, 6) is -1.06. The van der Waals surface area contributed by atoms with Crippen molar-refractivity contribution >= 4 is 34.3 Å². The Labute approximate surface area is 194 Å². The second-order valence-electron chi connectivity index (χ2n) is 7.40. The molecule has 3 aromatic rings. The molecule has 1 amide bonds. The highest BCUT2D eigenvalue weighted by atomic mass is 35.5. The predicted molar refractivity (Wildman–Crippen MR) is 121 cm³/mol. The number of halogens is 1. The van der Waals surface area contributed by atoms with Crippen molar-refractivity contribution in [2.24, 2.45) is 0 Å². The number of carbonyl (C=O) groups is 2. The van der Waals surface area contributed by atoms with Crippen LogP contribution in [0.25, 0.3) is 11.0 Å². The summed E-state index contributed by atoms with van der Waals surface area (Å²) in [4.78, 5) is 27.9. The predicted octanol–water partition coefficient (Wildman–Crippen LogP) is 4.33. The normalized spacial score (nSPS) is 16.1. The van der Waals surface area contributed by atoms with Crippen molar-refractivity contribution in [3.63, 3.8) is 0 Å². The fraction of sp³-hybridized carbons (Fsp3) is 0.250. The molecule has 0 bridgehead atoms. The highest BCUT2D eigenvalue weighted by Gasteiger charge is 2.44. The van der Waals surface area contributed by atoms with Crippen molar-refractivity contribution in [1.29, 1.82) is 0 Å². The van der Waals surface area contributed by atoms with Crippen LogP contribution in [0.3, 0.4) is 0 Å². The van der Waals surface area contributed by atoms with Crippen molar-refractivity contribution in [3.05, 3.63) is 70.1 Å². The van der Waals surface area contributed by atoms with Gasteiger partial charge in [-0.05, 0) is 29.8 Å². The molecular formula is C24H22ClNO7.